The minimum Gasteiger partial charge on any atom is -0.497 e. The van der Waals surface area contributed by atoms with Crippen LogP contribution in [0.5, 0.6) is 23.0 Å². The Morgan fingerprint density at radius 1 is 0.750 bits per heavy atom. The average Bonchev–Trinajstić information content (AvgIpc) is 3.12. The van der Waals surface area contributed by atoms with E-state index in [2.05, 4.69) is 5.32 Å². The summed E-state index contributed by atoms with van der Waals surface area (Å²) in [6.45, 7) is 2.46. The molecule has 0 unspecified atom stereocenters. The van der Waals surface area contributed by atoms with Crippen molar-refractivity contribution in [2.75, 3.05) is 27.4 Å². The first-order valence-electron chi connectivity index (χ1n) is 16.0. The number of benzene rings is 4. The van der Waals surface area contributed by atoms with Gasteiger partial charge >= 0.3 is 5.97 Å². The molecule has 0 aromatic heterocycles. The molecule has 0 bridgehead atoms. The van der Waals surface area contributed by atoms with Crippen molar-refractivity contribution in [1.29, 1.82) is 0 Å². The maximum absolute atomic E-state index is 14.1. The molecule has 2 atom stereocenters. The first-order chi connectivity index (χ1) is 23.4. The van der Waals surface area contributed by atoms with Gasteiger partial charge < -0.3 is 29.0 Å². The highest BCUT2D eigenvalue weighted by molar-refractivity contribution is 6.04. The summed E-state index contributed by atoms with van der Waals surface area (Å²) in [5, 5.41) is 3.42. The molecule has 0 saturated heterocycles. The Kier molecular flexibility index (Phi) is 10.1. The lowest BCUT2D eigenvalue weighted by Crippen LogP contribution is -2.36. The number of methoxy groups -OCH3 is 2. The number of allylic oxidation sites excluding steroid dienone is 3. The Morgan fingerprint density at radius 3 is 2.17 bits per heavy atom. The molecular formula is C40H39NO7. The first-order valence-corrected chi connectivity index (χ1v) is 16.0. The topological polar surface area (TPSA) is 92.3 Å². The summed E-state index contributed by atoms with van der Waals surface area (Å²) in [5.74, 6) is 1.30. The van der Waals surface area contributed by atoms with Gasteiger partial charge in [0.2, 0.25) is 0 Å². The highest BCUT2D eigenvalue weighted by Crippen LogP contribution is 2.47. The van der Waals surface area contributed by atoms with Crippen LogP contribution < -0.4 is 24.3 Å². The van der Waals surface area contributed by atoms with Crippen LogP contribution in [0.3, 0.4) is 0 Å². The Bertz CT molecular complexity index is 1810. The summed E-state index contributed by atoms with van der Waals surface area (Å²) in [6, 6.07) is 32.6. The van der Waals surface area contributed by atoms with Crippen molar-refractivity contribution >= 4 is 11.8 Å². The van der Waals surface area contributed by atoms with Crippen molar-refractivity contribution in [3.05, 3.63) is 142 Å². The van der Waals surface area contributed by atoms with E-state index in [1.54, 1.807) is 14.2 Å². The number of hydrogen-bond acceptors (Lipinski definition) is 8. The van der Waals surface area contributed by atoms with Crippen LogP contribution in [-0.4, -0.2) is 39.2 Å². The van der Waals surface area contributed by atoms with E-state index in [-0.39, 0.29) is 24.9 Å². The molecule has 1 aliphatic carbocycles. The lowest BCUT2D eigenvalue weighted by molar-refractivity contribution is -0.140. The van der Waals surface area contributed by atoms with Crippen molar-refractivity contribution in [2.45, 2.75) is 38.2 Å². The second kappa shape index (κ2) is 14.9. The summed E-state index contributed by atoms with van der Waals surface area (Å²) in [6.07, 6.45) is 0.926. The zero-order valence-corrected chi connectivity index (χ0v) is 27.4. The minimum atomic E-state index is -0.662. The normalized spacial score (nSPS) is 17.3. The fourth-order valence-corrected chi connectivity index (χ4v) is 6.36. The van der Waals surface area contributed by atoms with Crippen molar-refractivity contribution < 1.29 is 33.3 Å². The van der Waals surface area contributed by atoms with Gasteiger partial charge in [0.25, 0.3) is 0 Å². The number of nitrogens with one attached hydrogen (secondary N) is 1. The molecule has 1 N–H and O–H groups in total. The largest absolute Gasteiger partial charge is 0.497 e. The number of hydrogen-bond donors (Lipinski definition) is 1. The third-order valence-electron chi connectivity index (χ3n) is 8.72. The zero-order valence-electron chi connectivity index (χ0n) is 27.4. The van der Waals surface area contributed by atoms with Crippen LogP contribution in [0.15, 0.2) is 126 Å². The third kappa shape index (κ3) is 7.23. The molecule has 4 aromatic carbocycles. The highest BCUT2D eigenvalue weighted by Gasteiger charge is 2.41. The van der Waals surface area contributed by atoms with Gasteiger partial charge in [0.1, 0.15) is 31.3 Å². The smallest absolute Gasteiger partial charge is 0.336 e. The van der Waals surface area contributed by atoms with E-state index in [9.17, 15) is 9.59 Å². The molecule has 0 fully saturated rings. The number of esters is 1. The van der Waals surface area contributed by atoms with Gasteiger partial charge in [-0.05, 0) is 72.4 Å². The monoisotopic (exact) mass is 645 g/mol. The van der Waals surface area contributed by atoms with E-state index in [0.29, 0.717) is 53.5 Å². The lowest BCUT2D eigenvalue weighted by atomic mass is 9.71. The minimum absolute atomic E-state index is 0.0185. The summed E-state index contributed by atoms with van der Waals surface area (Å²) in [4.78, 5) is 28.0. The van der Waals surface area contributed by atoms with Crippen molar-refractivity contribution in [1.82, 2.24) is 5.32 Å². The van der Waals surface area contributed by atoms with Crippen LogP contribution in [0, 0.1) is 0 Å². The summed E-state index contributed by atoms with van der Waals surface area (Å²) < 4.78 is 28.7. The van der Waals surface area contributed by atoms with Gasteiger partial charge in [-0.3, -0.25) is 4.79 Å². The van der Waals surface area contributed by atoms with E-state index >= 15 is 0 Å². The van der Waals surface area contributed by atoms with Gasteiger partial charge in [-0.15, -0.1) is 0 Å². The fraction of sp³-hybridized carbons (Fsp3) is 0.250. The lowest BCUT2D eigenvalue weighted by Gasteiger charge is -2.37. The molecule has 8 nitrogen and oxygen atoms in total. The number of ketones is 1. The first kappa shape index (κ1) is 32.4. The average molecular weight is 646 g/mol. The van der Waals surface area contributed by atoms with Gasteiger partial charge in [0, 0.05) is 29.3 Å². The Hall–Kier alpha value is -5.50. The zero-order chi connectivity index (χ0) is 33.5. The molecule has 246 valence electrons. The number of dihydropyridines is 1. The SMILES string of the molecule is COc1ccc([C@H]2CC(=O)C3=C(C2)NC(C)=C(C(=O)OCCOc2ccccc2)[C@H]3c2ccc(OCc3ccccc3)c(OC)c2)cc1. The molecular weight excluding hydrogens is 606 g/mol. The molecule has 1 aliphatic heterocycles. The maximum atomic E-state index is 14.1. The molecule has 0 saturated carbocycles. The molecule has 6 rings (SSSR count). The van der Waals surface area contributed by atoms with E-state index in [1.165, 1.54) is 0 Å². The second-order valence-corrected chi connectivity index (χ2v) is 11.8. The molecule has 2 aliphatic rings. The molecule has 0 amide bonds. The number of ether oxygens (including phenoxy) is 5. The summed E-state index contributed by atoms with van der Waals surface area (Å²) in [7, 11) is 3.21. The Morgan fingerprint density at radius 2 is 1.46 bits per heavy atom. The van der Waals surface area contributed by atoms with Crippen molar-refractivity contribution in [3.63, 3.8) is 0 Å². The van der Waals surface area contributed by atoms with Crippen LogP contribution >= 0.6 is 0 Å². The fourth-order valence-electron chi connectivity index (χ4n) is 6.36. The molecule has 1 heterocycles. The molecule has 48 heavy (non-hydrogen) atoms. The molecule has 8 heteroatoms. The quantitative estimate of drug-likeness (QED) is 0.127. The Balaban J connectivity index is 1.30. The number of rotatable bonds is 12. The van der Waals surface area contributed by atoms with Crippen LogP contribution in [0.2, 0.25) is 0 Å². The Labute approximate surface area is 280 Å². The predicted molar refractivity (Wildman–Crippen MR) is 182 cm³/mol. The number of Topliss-reactive ketones (excluding diaryl/α,β-unsaturated/α-hetero) is 1. The number of carbonyl (C=O) groups excluding carboxylic acids is 2. The third-order valence-corrected chi connectivity index (χ3v) is 8.72. The van der Waals surface area contributed by atoms with E-state index in [0.717, 1.165) is 28.1 Å². The van der Waals surface area contributed by atoms with Crippen LogP contribution in [-0.2, 0) is 20.9 Å². The molecule has 0 radical (unpaired) electrons. The van der Waals surface area contributed by atoms with Crippen LogP contribution in [0.1, 0.15) is 48.3 Å². The van der Waals surface area contributed by atoms with Crippen molar-refractivity contribution in [3.8, 4) is 23.0 Å². The van der Waals surface area contributed by atoms with E-state index < -0.39 is 11.9 Å². The van der Waals surface area contributed by atoms with Gasteiger partial charge in [0.05, 0.1) is 19.8 Å². The second-order valence-electron chi connectivity index (χ2n) is 11.8. The van der Waals surface area contributed by atoms with E-state index in [4.69, 9.17) is 23.7 Å². The van der Waals surface area contributed by atoms with Gasteiger partial charge in [-0.1, -0.05) is 66.7 Å². The molecule has 4 aromatic rings. The number of para-hydroxylation sites is 1. The van der Waals surface area contributed by atoms with E-state index in [1.807, 2.05) is 110 Å². The standard InChI is InChI=1S/C40H39NO7/c1-26-37(40(43)47-21-20-46-32-12-8-5-9-13-32)38(29-16-19-35(36(24-29)45-3)48-25-27-10-6-4-7-11-27)39-33(41-26)22-30(23-34(39)42)28-14-17-31(44-2)18-15-28/h4-19,24,30,38,41H,20-23,25H2,1-3H3/t30-,38-/m1/s1. The number of carbonyl (C=O) groups is 2. The van der Waals surface area contributed by atoms with Gasteiger partial charge in [-0.25, -0.2) is 4.79 Å². The van der Waals surface area contributed by atoms with Gasteiger partial charge in [-0.2, -0.15) is 0 Å². The van der Waals surface area contributed by atoms with Gasteiger partial charge in [0.15, 0.2) is 17.3 Å². The van der Waals surface area contributed by atoms with Crippen LogP contribution in [0.25, 0.3) is 0 Å². The predicted octanol–water partition coefficient (Wildman–Crippen LogP) is 7.27. The maximum Gasteiger partial charge on any atom is 0.336 e. The summed E-state index contributed by atoms with van der Waals surface area (Å²) in [5.41, 5.74) is 5.21. The summed E-state index contributed by atoms with van der Waals surface area (Å²) >= 11 is 0. The van der Waals surface area contributed by atoms with Crippen molar-refractivity contribution in [2.24, 2.45) is 0 Å². The molecule has 0 spiro atoms. The van der Waals surface area contributed by atoms with Crippen LogP contribution in [0.4, 0.5) is 0 Å². The highest BCUT2D eigenvalue weighted by atomic mass is 16.6.